The Bertz CT molecular complexity index is 2590. The molecular formula is C45H31NS. The molecule has 5 aromatic carbocycles. The molecule has 3 unspecified atom stereocenters. The van der Waals surface area contributed by atoms with Crippen LogP contribution < -0.4 is 0 Å². The predicted octanol–water partition coefficient (Wildman–Crippen LogP) is 12.7. The Morgan fingerprint density at radius 3 is 2.34 bits per heavy atom. The molecule has 4 aliphatic rings. The number of allylic oxidation sites excluding steroid dienone is 6. The summed E-state index contributed by atoms with van der Waals surface area (Å²) in [6.07, 6.45) is 19.8. The van der Waals surface area contributed by atoms with E-state index in [1.165, 1.54) is 92.5 Å². The second-order valence-corrected chi connectivity index (χ2v) is 14.7. The van der Waals surface area contributed by atoms with Crippen molar-refractivity contribution in [1.29, 1.82) is 0 Å². The Hall–Kier alpha value is -5.18. The highest BCUT2D eigenvalue weighted by atomic mass is 32.1. The summed E-state index contributed by atoms with van der Waals surface area (Å²) in [5, 5.41) is 5.48. The lowest BCUT2D eigenvalue weighted by molar-refractivity contribution is 0.693. The van der Waals surface area contributed by atoms with Crippen molar-refractivity contribution in [1.82, 2.24) is 4.57 Å². The van der Waals surface area contributed by atoms with Gasteiger partial charge in [-0.3, -0.25) is 0 Å². The van der Waals surface area contributed by atoms with E-state index >= 15 is 0 Å². The zero-order chi connectivity index (χ0) is 30.8. The largest absolute Gasteiger partial charge is 0.310 e. The van der Waals surface area contributed by atoms with Crippen molar-refractivity contribution in [3.8, 4) is 39.1 Å². The molecule has 0 bridgehead atoms. The fraction of sp³-hybridized carbons (Fsp3) is 0.111. The minimum absolute atomic E-state index is 0.353. The molecule has 1 nitrogen and oxygen atoms in total. The molecule has 4 aliphatic carbocycles. The van der Waals surface area contributed by atoms with Crippen LogP contribution in [0.25, 0.3) is 83.0 Å². The topological polar surface area (TPSA) is 4.93 Å². The Morgan fingerprint density at radius 2 is 1.47 bits per heavy atom. The molecule has 222 valence electrons. The lowest BCUT2D eigenvalue weighted by Crippen LogP contribution is -2.13. The van der Waals surface area contributed by atoms with Crippen LogP contribution in [0.5, 0.6) is 0 Å². The molecule has 3 atom stereocenters. The van der Waals surface area contributed by atoms with Crippen LogP contribution >= 0.6 is 11.3 Å². The lowest BCUT2D eigenvalue weighted by atomic mass is 9.78. The maximum Gasteiger partial charge on any atom is 0.0545 e. The molecule has 11 rings (SSSR count). The number of thiophene rings is 1. The molecule has 2 aromatic heterocycles. The minimum Gasteiger partial charge on any atom is -0.310 e. The van der Waals surface area contributed by atoms with Gasteiger partial charge in [-0.05, 0) is 98.0 Å². The average molecular weight is 618 g/mol. The van der Waals surface area contributed by atoms with Gasteiger partial charge in [0.05, 0.1) is 11.2 Å². The normalized spacial score (nSPS) is 19.8. The standard InChI is InChI=1S/C45H31NS/c1-26-8-6-15-37-38-24-41-39(25-42(38)47-45(26)37)44-31-10-3-2-9-27(31)18-23-40(44)46(41)29-19-16-28(17-20-29)30-21-22-36-33-12-5-4-11-32(33)35-14-7-13-34(30)43(35)36/h2-7,9-27,31H,8H2,1H3. The van der Waals surface area contributed by atoms with Crippen LogP contribution in [0.2, 0.25) is 0 Å². The van der Waals surface area contributed by atoms with Crippen LogP contribution in [0, 0.1) is 5.92 Å². The SMILES string of the molecule is CC1CC=Cc2c1sc1cc3c4c(n(-c5ccc(-c6ccc7c8c(cccc68)-c6ccccc6-7)cc5)c3cc21)C=CC1C=CC=CC41. The molecule has 47 heavy (non-hydrogen) atoms. The van der Waals surface area contributed by atoms with Gasteiger partial charge in [0.15, 0.2) is 0 Å². The summed E-state index contributed by atoms with van der Waals surface area (Å²) in [6, 6.07) is 34.6. The van der Waals surface area contributed by atoms with Gasteiger partial charge in [0.25, 0.3) is 0 Å². The van der Waals surface area contributed by atoms with Crippen molar-refractivity contribution in [2.75, 3.05) is 0 Å². The number of hydrogen-bond acceptors (Lipinski definition) is 1. The van der Waals surface area contributed by atoms with E-state index in [1.807, 2.05) is 11.3 Å². The van der Waals surface area contributed by atoms with E-state index in [0.29, 0.717) is 17.8 Å². The molecule has 0 amide bonds. The van der Waals surface area contributed by atoms with Gasteiger partial charge in [0.2, 0.25) is 0 Å². The van der Waals surface area contributed by atoms with Crippen LogP contribution in [0.3, 0.4) is 0 Å². The van der Waals surface area contributed by atoms with Gasteiger partial charge in [-0.15, -0.1) is 11.3 Å². The summed E-state index contributed by atoms with van der Waals surface area (Å²) in [5.74, 6) is 1.33. The quantitative estimate of drug-likeness (QED) is 0.182. The summed E-state index contributed by atoms with van der Waals surface area (Å²) in [7, 11) is 0. The zero-order valence-electron chi connectivity index (χ0n) is 26.1. The molecule has 0 N–H and O–H groups in total. The first-order chi connectivity index (χ1) is 23.2. The highest BCUT2D eigenvalue weighted by molar-refractivity contribution is 7.19. The molecule has 2 heteroatoms. The van der Waals surface area contributed by atoms with Crippen molar-refractivity contribution < 1.29 is 0 Å². The Labute approximate surface area is 278 Å². The van der Waals surface area contributed by atoms with E-state index in [1.54, 1.807) is 0 Å². The zero-order valence-corrected chi connectivity index (χ0v) is 26.9. The first-order valence-corrected chi connectivity index (χ1v) is 17.7. The maximum absolute atomic E-state index is 2.52. The van der Waals surface area contributed by atoms with Crippen LogP contribution in [0.15, 0.2) is 127 Å². The van der Waals surface area contributed by atoms with E-state index < -0.39 is 0 Å². The minimum atomic E-state index is 0.353. The second-order valence-electron chi connectivity index (χ2n) is 13.6. The number of aromatic nitrogens is 1. The number of nitrogens with zero attached hydrogens (tertiary/aromatic N) is 1. The molecule has 7 aromatic rings. The number of hydrogen-bond donors (Lipinski definition) is 0. The Kier molecular flexibility index (Phi) is 5.21. The van der Waals surface area contributed by atoms with Crippen molar-refractivity contribution in [3.05, 3.63) is 149 Å². The third-order valence-corrected chi connectivity index (χ3v) is 12.5. The third kappa shape index (κ3) is 3.49. The first kappa shape index (κ1) is 25.9. The highest BCUT2D eigenvalue weighted by Gasteiger charge is 2.31. The number of benzene rings is 5. The molecule has 0 fully saturated rings. The monoisotopic (exact) mass is 617 g/mol. The molecule has 0 saturated heterocycles. The Morgan fingerprint density at radius 1 is 0.681 bits per heavy atom. The molecule has 0 spiro atoms. The van der Waals surface area contributed by atoms with Gasteiger partial charge in [0.1, 0.15) is 0 Å². The van der Waals surface area contributed by atoms with Crippen molar-refractivity contribution in [3.63, 3.8) is 0 Å². The number of rotatable bonds is 2. The van der Waals surface area contributed by atoms with Gasteiger partial charge in [-0.1, -0.05) is 116 Å². The van der Waals surface area contributed by atoms with Crippen molar-refractivity contribution in [2.24, 2.45) is 5.92 Å². The number of fused-ring (bicyclic) bond motifs is 11. The summed E-state index contributed by atoms with van der Waals surface area (Å²) < 4.78 is 3.93. The van der Waals surface area contributed by atoms with Crippen LogP contribution in [0.4, 0.5) is 0 Å². The van der Waals surface area contributed by atoms with E-state index in [4.69, 9.17) is 0 Å². The molecule has 0 radical (unpaired) electrons. The smallest absolute Gasteiger partial charge is 0.0545 e. The predicted molar refractivity (Wildman–Crippen MR) is 202 cm³/mol. The van der Waals surface area contributed by atoms with Crippen LogP contribution in [-0.2, 0) is 0 Å². The second kappa shape index (κ2) is 9.44. The highest BCUT2D eigenvalue weighted by Crippen LogP contribution is 2.51. The average Bonchev–Trinajstić information content (AvgIpc) is 3.77. The van der Waals surface area contributed by atoms with Gasteiger partial charge in [-0.25, -0.2) is 0 Å². The lowest BCUT2D eigenvalue weighted by Gasteiger charge is -2.26. The van der Waals surface area contributed by atoms with E-state index in [0.717, 1.165) is 6.42 Å². The van der Waals surface area contributed by atoms with Gasteiger partial charge in [-0.2, -0.15) is 0 Å². The molecule has 0 aliphatic heterocycles. The van der Waals surface area contributed by atoms with Crippen molar-refractivity contribution in [2.45, 2.75) is 25.2 Å². The summed E-state index contributed by atoms with van der Waals surface area (Å²) in [4.78, 5) is 1.53. The van der Waals surface area contributed by atoms with E-state index in [-0.39, 0.29) is 0 Å². The van der Waals surface area contributed by atoms with Gasteiger partial charge >= 0.3 is 0 Å². The van der Waals surface area contributed by atoms with E-state index in [2.05, 4.69) is 151 Å². The maximum atomic E-state index is 2.52. The summed E-state index contributed by atoms with van der Waals surface area (Å²) >= 11 is 2.00. The summed E-state index contributed by atoms with van der Waals surface area (Å²) in [5.41, 5.74) is 14.6. The fourth-order valence-corrected chi connectivity index (χ4v) is 10.2. The first-order valence-electron chi connectivity index (χ1n) is 16.8. The molecule has 0 saturated carbocycles. The fourth-order valence-electron chi connectivity index (χ4n) is 8.94. The van der Waals surface area contributed by atoms with Gasteiger partial charge < -0.3 is 4.57 Å². The van der Waals surface area contributed by atoms with Crippen molar-refractivity contribution >= 4 is 55.3 Å². The van der Waals surface area contributed by atoms with E-state index in [9.17, 15) is 0 Å². The van der Waals surface area contributed by atoms with Crippen LogP contribution in [0.1, 0.15) is 46.9 Å². The van der Waals surface area contributed by atoms with Gasteiger partial charge in [0, 0.05) is 37.9 Å². The molecular weight excluding hydrogens is 587 g/mol. The Balaban J connectivity index is 1.11. The third-order valence-electron chi connectivity index (χ3n) is 11.1. The summed E-state index contributed by atoms with van der Waals surface area (Å²) in [6.45, 7) is 2.37. The molecule has 2 heterocycles. The van der Waals surface area contributed by atoms with Crippen LogP contribution in [-0.4, -0.2) is 4.57 Å².